The van der Waals surface area contributed by atoms with Crippen LogP contribution in [0.4, 0.5) is 5.69 Å². The van der Waals surface area contributed by atoms with E-state index in [9.17, 15) is 4.79 Å². The van der Waals surface area contributed by atoms with Crippen molar-refractivity contribution in [3.05, 3.63) is 41.0 Å². The van der Waals surface area contributed by atoms with E-state index in [2.05, 4.69) is 19.2 Å². The first-order chi connectivity index (χ1) is 13.0. The second-order valence-electron chi connectivity index (χ2n) is 7.09. The van der Waals surface area contributed by atoms with Crippen LogP contribution in [0.2, 0.25) is 0 Å². The lowest BCUT2D eigenvalue weighted by atomic mass is 9.83. The summed E-state index contributed by atoms with van der Waals surface area (Å²) in [5.74, 6) is 2.98. The molecule has 2 aliphatic heterocycles. The van der Waals surface area contributed by atoms with E-state index in [1.54, 1.807) is 14.2 Å². The molecular weight excluding hydrogens is 346 g/mol. The lowest BCUT2D eigenvalue weighted by Gasteiger charge is -2.28. The topological polar surface area (TPSA) is 66.0 Å². The molecule has 0 spiro atoms. The number of anilines is 1. The normalized spacial score (nSPS) is 17.5. The molecule has 2 aromatic carbocycles. The third kappa shape index (κ3) is 2.95. The van der Waals surface area contributed by atoms with E-state index in [4.69, 9.17) is 18.9 Å². The smallest absolute Gasteiger partial charge is 0.231 e. The van der Waals surface area contributed by atoms with E-state index in [-0.39, 0.29) is 18.6 Å². The number of ether oxygens (including phenoxy) is 4. The van der Waals surface area contributed by atoms with E-state index < -0.39 is 0 Å². The molecular formula is C21H23NO5. The molecule has 0 unspecified atom stereocenters. The Hall–Kier alpha value is -2.89. The maximum Gasteiger partial charge on any atom is 0.231 e. The van der Waals surface area contributed by atoms with Crippen LogP contribution in [0, 0.1) is 0 Å². The van der Waals surface area contributed by atoms with Gasteiger partial charge >= 0.3 is 0 Å². The van der Waals surface area contributed by atoms with Crippen LogP contribution < -0.4 is 24.3 Å². The number of hydrogen-bond donors (Lipinski definition) is 1. The third-order valence-corrected chi connectivity index (χ3v) is 5.16. The lowest BCUT2D eigenvalue weighted by Crippen LogP contribution is -2.24. The highest BCUT2D eigenvalue weighted by Gasteiger charge is 2.32. The fraction of sp³-hybridized carbons (Fsp3) is 0.381. The molecule has 27 heavy (non-hydrogen) atoms. The summed E-state index contributed by atoms with van der Waals surface area (Å²) >= 11 is 0. The molecule has 1 N–H and O–H groups in total. The zero-order valence-corrected chi connectivity index (χ0v) is 15.9. The Bertz CT molecular complexity index is 906. The number of carbonyl (C=O) groups excluding carboxylic acids is 1. The summed E-state index contributed by atoms with van der Waals surface area (Å²) < 4.78 is 22.3. The number of nitrogens with one attached hydrogen (secondary N) is 1. The first-order valence-electron chi connectivity index (χ1n) is 9.01. The Labute approximate surface area is 158 Å². The second kappa shape index (κ2) is 6.68. The summed E-state index contributed by atoms with van der Waals surface area (Å²) in [6, 6.07) is 7.78. The van der Waals surface area contributed by atoms with Gasteiger partial charge in [-0.2, -0.15) is 0 Å². The van der Waals surface area contributed by atoms with Crippen molar-refractivity contribution < 1.29 is 23.7 Å². The molecule has 0 saturated carbocycles. The van der Waals surface area contributed by atoms with Gasteiger partial charge in [0.05, 0.1) is 14.2 Å². The third-order valence-electron chi connectivity index (χ3n) is 5.16. The van der Waals surface area contributed by atoms with Crippen molar-refractivity contribution in [3.8, 4) is 23.0 Å². The SMILES string of the molecule is COc1cc([C@@H]2CC(=O)Nc3cc4c(cc32)OCO4)c(OC)cc1C(C)C. The first-order valence-corrected chi connectivity index (χ1v) is 9.01. The van der Waals surface area contributed by atoms with E-state index in [1.807, 2.05) is 24.3 Å². The van der Waals surface area contributed by atoms with E-state index in [0.717, 1.165) is 33.9 Å². The molecule has 1 amide bonds. The van der Waals surface area contributed by atoms with Crippen molar-refractivity contribution in [2.24, 2.45) is 0 Å². The van der Waals surface area contributed by atoms with Gasteiger partial charge in [0, 0.05) is 35.2 Å². The summed E-state index contributed by atoms with van der Waals surface area (Å²) in [4.78, 5) is 12.4. The van der Waals surface area contributed by atoms with Crippen molar-refractivity contribution >= 4 is 11.6 Å². The fourth-order valence-corrected chi connectivity index (χ4v) is 3.80. The Kier molecular flexibility index (Phi) is 4.34. The van der Waals surface area contributed by atoms with Crippen LogP contribution in [0.25, 0.3) is 0 Å². The van der Waals surface area contributed by atoms with Gasteiger partial charge in [-0.3, -0.25) is 4.79 Å². The number of hydrogen-bond acceptors (Lipinski definition) is 5. The highest BCUT2D eigenvalue weighted by Crippen LogP contribution is 2.48. The number of methoxy groups -OCH3 is 2. The Morgan fingerprint density at radius 1 is 1.00 bits per heavy atom. The molecule has 0 aliphatic carbocycles. The zero-order chi connectivity index (χ0) is 19.1. The minimum atomic E-state index is -0.159. The molecule has 0 radical (unpaired) electrons. The summed E-state index contributed by atoms with van der Waals surface area (Å²) in [6.45, 7) is 4.42. The number of rotatable bonds is 4. The predicted octanol–water partition coefficient (Wildman–Crippen LogP) is 4.03. The van der Waals surface area contributed by atoms with Crippen LogP contribution >= 0.6 is 0 Å². The number of benzene rings is 2. The average Bonchev–Trinajstić information content (AvgIpc) is 3.11. The van der Waals surface area contributed by atoms with E-state index >= 15 is 0 Å². The van der Waals surface area contributed by atoms with Crippen LogP contribution in [0.3, 0.4) is 0 Å². The average molecular weight is 369 g/mol. The van der Waals surface area contributed by atoms with Gasteiger partial charge in [0.1, 0.15) is 11.5 Å². The Balaban J connectivity index is 1.88. The molecule has 6 nitrogen and oxygen atoms in total. The van der Waals surface area contributed by atoms with Gasteiger partial charge in [-0.15, -0.1) is 0 Å². The second-order valence-corrected chi connectivity index (χ2v) is 7.09. The molecule has 4 rings (SSSR count). The standard InChI is InChI=1S/C21H23NO5/c1-11(2)12-5-18(25-4)15(7-17(12)24-3)13-8-21(23)22-16-9-20-19(6-14(13)16)26-10-27-20/h5-7,9,11,13H,8,10H2,1-4H3,(H,22,23)/t13-/m1/s1. The quantitative estimate of drug-likeness (QED) is 0.881. The number of fused-ring (bicyclic) bond motifs is 2. The zero-order valence-electron chi connectivity index (χ0n) is 15.9. The molecule has 0 fully saturated rings. The highest BCUT2D eigenvalue weighted by molar-refractivity contribution is 5.96. The van der Waals surface area contributed by atoms with Crippen molar-refractivity contribution in [3.63, 3.8) is 0 Å². The van der Waals surface area contributed by atoms with Crippen LogP contribution in [-0.2, 0) is 4.79 Å². The van der Waals surface area contributed by atoms with Crippen molar-refractivity contribution in [2.45, 2.75) is 32.1 Å². The molecule has 6 heteroatoms. The Morgan fingerprint density at radius 3 is 2.37 bits per heavy atom. The van der Waals surface area contributed by atoms with Gasteiger partial charge in [-0.05, 0) is 29.7 Å². The molecule has 0 aromatic heterocycles. The van der Waals surface area contributed by atoms with Gasteiger partial charge in [-0.1, -0.05) is 13.8 Å². The van der Waals surface area contributed by atoms with Crippen LogP contribution in [0.1, 0.15) is 48.8 Å². The maximum atomic E-state index is 12.4. The van der Waals surface area contributed by atoms with Gasteiger partial charge < -0.3 is 24.3 Å². The van der Waals surface area contributed by atoms with Crippen LogP contribution in [0.5, 0.6) is 23.0 Å². The first kappa shape index (κ1) is 17.5. The van der Waals surface area contributed by atoms with E-state index in [1.165, 1.54) is 0 Å². The van der Waals surface area contributed by atoms with Gasteiger partial charge in [0.15, 0.2) is 11.5 Å². The molecule has 2 heterocycles. The molecule has 1 atom stereocenters. The minimum Gasteiger partial charge on any atom is -0.496 e. The summed E-state index contributed by atoms with van der Waals surface area (Å²) in [5.41, 5.74) is 3.73. The van der Waals surface area contributed by atoms with Gasteiger partial charge in [0.25, 0.3) is 0 Å². The monoisotopic (exact) mass is 369 g/mol. The molecule has 2 aromatic rings. The number of carbonyl (C=O) groups is 1. The molecule has 0 bridgehead atoms. The predicted molar refractivity (Wildman–Crippen MR) is 101 cm³/mol. The maximum absolute atomic E-state index is 12.4. The number of amides is 1. The lowest BCUT2D eigenvalue weighted by molar-refractivity contribution is -0.116. The van der Waals surface area contributed by atoms with Crippen LogP contribution in [-0.4, -0.2) is 26.9 Å². The fourth-order valence-electron chi connectivity index (χ4n) is 3.80. The summed E-state index contributed by atoms with van der Waals surface area (Å²) in [6.07, 6.45) is 0.327. The Morgan fingerprint density at radius 2 is 1.70 bits per heavy atom. The van der Waals surface area contributed by atoms with Gasteiger partial charge in [-0.25, -0.2) is 0 Å². The molecule has 0 saturated heterocycles. The van der Waals surface area contributed by atoms with Crippen molar-refractivity contribution in [1.82, 2.24) is 0 Å². The summed E-state index contributed by atoms with van der Waals surface area (Å²) in [5, 5.41) is 2.94. The molecule has 142 valence electrons. The highest BCUT2D eigenvalue weighted by atomic mass is 16.7. The molecule has 2 aliphatic rings. The van der Waals surface area contributed by atoms with E-state index in [0.29, 0.717) is 23.8 Å². The van der Waals surface area contributed by atoms with Gasteiger partial charge in [0.2, 0.25) is 12.7 Å². The largest absolute Gasteiger partial charge is 0.496 e. The van der Waals surface area contributed by atoms with Crippen molar-refractivity contribution in [2.75, 3.05) is 26.3 Å². The van der Waals surface area contributed by atoms with Crippen molar-refractivity contribution in [1.29, 1.82) is 0 Å². The minimum absolute atomic E-state index is 0.0414. The summed E-state index contributed by atoms with van der Waals surface area (Å²) in [7, 11) is 3.32. The van der Waals surface area contributed by atoms with Crippen LogP contribution in [0.15, 0.2) is 24.3 Å².